The summed E-state index contributed by atoms with van der Waals surface area (Å²) >= 11 is 7.48. The molecule has 8 heteroatoms. The molecule has 0 radical (unpaired) electrons. The zero-order valence-corrected chi connectivity index (χ0v) is 16.0. The van der Waals surface area contributed by atoms with Crippen molar-refractivity contribution < 1.29 is 9.32 Å². The van der Waals surface area contributed by atoms with Crippen LogP contribution < -0.4 is 5.32 Å². The molecule has 27 heavy (non-hydrogen) atoms. The molecule has 0 aliphatic rings. The van der Waals surface area contributed by atoms with Crippen LogP contribution in [0.5, 0.6) is 0 Å². The fourth-order valence-electron chi connectivity index (χ4n) is 2.63. The Hall–Kier alpha value is -2.77. The lowest BCUT2D eigenvalue weighted by molar-refractivity contribution is -0.116. The zero-order chi connectivity index (χ0) is 18.8. The number of hydrogen-bond donors (Lipinski definition) is 1. The standard InChI is InChI=1S/C19H15ClN4O2S/c1-11-21-15-7-6-14(10-16(15)27-11)22-17(25)8-9-18-23-19(24-26-18)12-2-4-13(20)5-3-12/h2-7,10H,8-9H2,1H3,(H,22,25). The quantitative estimate of drug-likeness (QED) is 0.518. The van der Waals surface area contributed by atoms with Gasteiger partial charge in [-0.15, -0.1) is 11.3 Å². The molecule has 0 saturated carbocycles. The molecular weight excluding hydrogens is 384 g/mol. The Kier molecular flexibility index (Phi) is 4.87. The van der Waals surface area contributed by atoms with E-state index in [9.17, 15) is 4.79 Å². The summed E-state index contributed by atoms with van der Waals surface area (Å²) < 4.78 is 6.28. The first-order valence-corrected chi connectivity index (χ1v) is 9.52. The highest BCUT2D eigenvalue weighted by Crippen LogP contribution is 2.25. The summed E-state index contributed by atoms with van der Waals surface area (Å²) in [4.78, 5) is 21.0. The van der Waals surface area contributed by atoms with Crippen molar-refractivity contribution in [3.63, 3.8) is 0 Å². The van der Waals surface area contributed by atoms with Gasteiger partial charge in [-0.1, -0.05) is 16.8 Å². The Morgan fingerprint density at radius 1 is 1.19 bits per heavy atom. The van der Waals surface area contributed by atoms with Gasteiger partial charge in [0.1, 0.15) is 0 Å². The largest absolute Gasteiger partial charge is 0.339 e. The van der Waals surface area contributed by atoms with Gasteiger partial charge < -0.3 is 9.84 Å². The molecule has 1 N–H and O–H groups in total. The molecule has 0 spiro atoms. The summed E-state index contributed by atoms with van der Waals surface area (Å²) in [5, 5.41) is 8.49. The van der Waals surface area contributed by atoms with E-state index in [2.05, 4.69) is 20.4 Å². The predicted molar refractivity (Wildman–Crippen MR) is 106 cm³/mol. The van der Waals surface area contributed by atoms with E-state index in [1.165, 1.54) is 0 Å². The first kappa shape index (κ1) is 17.6. The van der Waals surface area contributed by atoms with Crippen LogP contribution in [-0.4, -0.2) is 21.0 Å². The Morgan fingerprint density at radius 3 is 2.81 bits per heavy atom. The zero-order valence-electron chi connectivity index (χ0n) is 14.4. The smallest absolute Gasteiger partial charge is 0.227 e. The second-order valence-corrected chi connectivity index (χ2v) is 7.65. The maximum Gasteiger partial charge on any atom is 0.227 e. The number of anilines is 1. The normalized spacial score (nSPS) is 11.0. The van der Waals surface area contributed by atoms with Gasteiger partial charge in [-0.25, -0.2) is 4.98 Å². The average Bonchev–Trinajstić information content (AvgIpc) is 3.26. The first-order valence-electron chi connectivity index (χ1n) is 8.32. The molecule has 0 bridgehead atoms. The van der Waals surface area contributed by atoms with Crippen LogP contribution >= 0.6 is 22.9 Å². The second-order valence-electron chi connectivity index (χ2n) is 5.98. The highest BCUT2D eigenvalue weighted by atomic mass is 35.5. The van der Waals surface area contributed by atoms with Crippen molar-refractivity contribution in [1.29, 1.82) is 0 Å². The number of carbonyl (C=O) groups excluding carboxylic acids is 1. The van der Waals surface area contributed by atoms with Crippen LogP contribution in [0, 0.1) is 6.92 Å². The molecule has 2 aromatic heterocycles. The SMILES string of the molecule is Cc1nc2ccc(NC(=O)CCc3nc(-c4ccc(Cl)cc4)no3)cc2s1. The molecule has 0 aliphatic heterocycles. The maximum atomic E-state index is 12.2. The first-order chi connectivity index (χ1) is 13.1. The Labute approximate surface area is 164 Å². The Morgan fingerprint density at radius 2 is 2.00 bits per heavy atom. The fourth-order valence-corrected chi connectivity index (χ4v) is 3.63. The van der Waals surface area contributed by atoms with E-state index in [1.807, 2.05) is 37.3 Å². The van der Waals surface area contributed by atoms with Crippen molar-refractivity contribution in [2.45, 2.75) is 19.8 Å². The summed E-state index contributed by atoms with van der Waals surface area (Å²) in [5.74, 6) is 0.790. The number of nitrogens with zero attached hydrogens (tertiary/aromatic N) is 3. The number of thiazole rings is 1. The third-order valence-corrected chi connectivity index (χ3v) is 5.10. The van der Waals surface area contributed by atoms with Gasteiger partial charge in [0, 0.05) is 29.1 Å². The van der Waals surface area contributed by atoms with Crippen molar-refractivity contribution >= 4 is 44.7 Å². The predicted octanol–water partition coefficient (Wildman–Crippen LogP) is 4.88. The van der Waals surface area contributed by atoms with Gasteiger partial charge in [-0.05, 0) is 49.4 Å². The van der Waals surface area contributed by atoms with Crippen LogP contribution in [0.1, 0.15) is 17.3 Å². The van der Waals surface area contributed by atoms with Crippen molar-refractivity contribution in [3.8, 4) is 11.4 Å². The molecule has 0 fully saturated rings. The van der Waals surface area contributed by atoms with Gasteiger partial charge in [0.2, 0.25) is 17.6 Å². The molecule has 0 saturated heterocycles. The minimum Gasteiger partial charge on any atom is -0.339 e. The van der Waals surface area contributed by atoms with Gasteiger partial charge in [0.25, 0.3) is 0 Å². The van der Waals surface area contributed by atoms with Crippen LogP contribution in [0.2, 0.25) is 5.02 Å². The molecule has 4 aromatic rings. The van der Waals surface area contributed by atoms with E-state index in [0.29, 0.717) is 23.2 Å². The van der Waals surface area contributed by atoms with E-state index in [-0.39, 0.29) is 12.3 Å². The van der Waals surface area contributed by atoms with E-state index in [1.54, 1.807) is 23.5 Å². The topological polar surface area (TPSA) is 80.9 Å². The summed E-state index contributed by atoms with van der Waals surface area (Å²) in [5.41, 5.74) is 2.51. The van der Waals surface area contributed by atoms with Crippen LogP contribution in [0.25, 0.3) is 21.6 Å². The Bertz CT molecular complexity index is 1100. The van der Waals surface area contributed by atoms with E-state index in [4.69, 9.17) is 16.1 Å². The fraction of sp³-hybridized carbons (Fsp3) is 0.158. The lowest BCUT2D eigenvalue weighted by atomic mass is 10.2. The van der Waals surface area contributed by atoms with Gasteiger partial charge in [-0.2, -0.15) is 4.98 Å². The van der Waals surface area contributed by atoms with Crippen molar-refractivity contribution in [2.75, 3.05) is 5.32 Å². The summed E-state index contributed by atoms with van der Waals surface area (Å²) in [6.07, 6.45) is 0.621. The number of aryl methyl sites for hydroxylation is 2. The van der Waals surface area contributed by atoms with Crippen molar-refractivity contribution in [1.82, 2.24) is 15.1 Å². The van der Waals surface area contributed by atoms with Crippen LogP contribution in [-0.2, 0) is 11.2 Å². The van der Waals surface area contributed by atoms with E-state index >= 15 is 0 Å². The highest BCUT2D eigenvalue weighted by Gasteiger charge is 2.11. The van der Waals surface area contributed by atoms with Crippen LogP contribution in [0.15, 0.2) is 47.0 Å². The minimum atomic E-state index is -0.109. The second kappa shape index (κ2) is 7.46. The summed E-state index contributed by atoms with van der Waals surface area (Å²) in [6.45, 7) is 1.96. The maximum absolute atomic E-state index is 12.2. The lowest BCUT2D eigenvalue weighted by Crippen LogP contribution is -2.12. The number of amides is 1. The van der Waals surface area contributed by atoms with Gasteiger partial charge >= 0.3 is 0 Å². The van der Waals surface area contributed by atoms with E-state index < -0.39 is 0 Å². The molecular formula is C19H15ClN4O2S. The highest BCUT2D eigenvalue weighted by molar-refractivity contribution is 7.18. The van der Waals surface area contributed by atoms with Crippen LogP contribution in [0.3, 0.4) is 0 Å². The molecule has 6 nitrogen and oxygen atoms in total. The lowest BCUT2D eigenvalue weighted by Gasteiger charge is -2.03. The van der Waals surface area contributed by atoms with Crippen molar-refractivity contribution in [2.24, 2.45) is 0 Å². The molecule has 1 amide bonds. The third kappa shape index (κ3) is 4.15. The van der Waals surface area contributed by atoms with Gasteiger partial charge in [0.05, 0.1) is 15.2 Å². The van der Waals surface area contributed by atoms with Gasteiger partial charge in [-0.3, -0.25) is 4.79 Å². The molecule has 0 aliphatic carbocycles. The number of nitrogens with one attached hydrogen (secondary N) is 1. The monoisotopic (exact) mass is 398 g/mol. The molecule has 136 valence electrons. The summed E-state index contributed by atoms with van der Waals surface area (Å²) in [6, 6.07) is 12.9. The molecule has 4 rings (SSSR count). The number of rotatable bonds is 5. The number of halogens is 1. The number of fused-ring (bicyclic) bond motifs is 1. The molecule has 2 heterocycles. The number of aromatic nitrogens is 3. The molecule has 0 atom stereocenters. The van der Waals surface area contributed by atoms with Crippen LogP contribution in [0.4, 0.5) is 5.69 Å². The summed E-state index contributed by atoms with van der Waals surface area (Å²) in [7, 11) is 0. The number of benzene rings is 2. The molecule has 2 aromatic carbocycles. The minimum absolute atomic E-state index is 0.109. The van der Waals surface area contributed by atoms with Gasteiger partial charge in [0.15, 0.2) is 0 Å². The van der Waals surface area contributed by atoms with Crippen molar-refractivity contribution in [3.05, 3.63) is 58.4 Å². The van der Waals surface area contributed by atoms with E-state index in [0.717, 1.165) is 26.5 Å². The number of hydrogen-bond acceptors (Lipinski definition) is 6. The third-order valence-electron chi connectivity index (χ3n) is 3.92. The number of carbonyl (C=O) groups is 1. The molecule has 0 unspecified atom stereocenters. The average molecular weight is 399 g/mol. The Balaban J connectivity index is 1.36.